The molecule has 0 spiro atoms. The summed E-state index contributed by atoms with van der Waals surface area (Å²) in [7, 11) is 1.24. The second kappa shape index (κ2) is 6.98. The number of benzene rings is 1. The lowest BCUT2D eigenvalue weighted by atomic mass is 10.1. The summed E-state index contributed by atoms with van der Waals surface area (Å²) < 4.78 is 4.59. The highest BCUT2D eigenvalue weighted by molar-refractivity contribution is 6.30. The highest BCUT2D eigenvalue weighted by atomic mass is 35.5. The van der Waals surface area contributed by atoms with Gasteiger partial charge in [0.15, 0.2) is 0 Å². The van der Waals surface area contributed by atoms with Crippen molar-refractivity contribution in [1.29, 1.82) is 0 Å². The van der Waals surface area contributed by atoms with Gasteiger partial charge in [0.25, 0.3) is 0 Å². The molecule has 0 fully saturated rings. The molecule has 0 radical (unpaired) electrons. The Labute approximate surface area is 110 Å². The van der Waals surface area contributed by atoms with Crippen LogP contribution in [0, 0.1) is 0 Å². The van der Waals surface area contributed by atoms with Gasteiger partial charge in [-0.3, -0.25) is 4.79 Å². The molecule has 0 aliphatic rings. The maximum Gasteiger partial charge on any atom is 0.328 e. The van der Waals surface area contributed by atoms with Gasteiger partial charge in [-0.05, 0) is 17.7 Å². The maximum absolute atomic E-state index is 11.5. The zero-order chi connectivity index (χ0) is 13.5. The first kappa shape index (κ1) is 14.5. The van der Waals surface area contributed by atoms with Crippen LogP contribution in [0.1, 0.15) is 5.56 Å². The van der Waals surface area contributed by atoms with Crippen molar-refractivity contribution in [3.05, 3.63) is 34.9 Å². The van der Waals surface area contributed by atoms with E-state index in [1.165, 1.54) is 7.11 Å². The van der Waals surface area contributed by atoms with Gasteiger partial charge in [0.05, 0.1) is 7.11 Å². The Morgan fingerprint density at radius 1 is 1.39 bits per heavy atom. The Kier molecular flexibility index (Phi) is 5.61. The van der Waals surface area contributed by atoms with Gasteiger partial charge in [0.2, 0.25) is 5.91 Å². The first-order chi connectivity index (χ1) is 8.56. The molecular weight excluding hydrogens is 258 g/mol. The van der Waals surface area contributed by atoms with E-state index >= 15 is 0 Å². The van der Waals surface area contributed by atoms with Crippen LogP contribution in [0.2, 0.25) is 5.02 Å². The number of aliphatic hydroxyl groups is 1. The normalized spacial score (nSPS) is 11.7. The number of hydrogen-bond acceptors (Lipinski definition) is 4. The number of aliphatic hydroxyl groups excluding tert-OH is 1. The Balaban J connectivity index is 2.74. The van der Waals surface area contributed by atoms with Gasteiger partial charge in [0, 0.05) is 11.4 Å². The van der Waals surface area contributed by atoms with Gasteiger partial charge < -0.3 is 15.2 Å². The maximum atomic E-state index is 11.5. The number of ether oxygens (including phenoxy) is 1. The highest BCUT2D eigenvalue weighted by Gasteiger charge is 2.21. The van der Waals surface area contributed by atoms with Gasteiger partial charge >= 0.3 is 5.97 Å². The third-order valence-corrected chi connectivity index (χ3v) is 2.57. The molecular formula is C12H14ClNO4. The molecule has 0 heterocycles. The van der Waals surface area contributed by atoms with E-state index in [9.17, 15) is 9.59 Å². The van der Waals surface area contributed by atoms with Gasteiger partial charge in [-0.25, -0.2) is 4.79 Å². The number of nitrogens with one attached hydrogen (secondary N) is 1. The highest BCUT2D eigenvalue weighted by Crippen LogP contribution is 2.11. The smallest absolute Gasteiger partial charge is 0.328 e. The van der Waals surface area contributed by atoms with Crippen molar-refractivity contribution >= 4 is 23.5 Å². The first-order valence-corrected chi connectivity index (χ1v) is 5.67. The Morgan fingerprint density at radius 3 is 2.50 bits per heavy atom. The van der Waals surface area contributed by atoms with Crippen LogP contribution in [-0.2, 0) is 20.7 Å². The van der Waals surface area contributed by atoms with Crippen molar-refractivity contribution in [3.63, 3.8) is 0 Å². The summed E-state index contributed by atoms with van der Waals surface area (Å²) in [4.78, 5) is 22.6. The van der Waals surface area contributed by atoms with E-state index in [0.717, 1.165) is 5.56 Å². The van der Waals surface area contributed by atoms with E-state index in [0.29, 0.717) is 5.02 Å². The van der Waals surface area contributed by atoms with Crippen molar-refractivity contribution in [2.45, 2.75) is 12.5 Å². The van der Waals surface area contributed by atoms with Crippen molar-refractivity contribution in [3.8, 4) is 0 Å². The Morgan fingerprint density at radius 2 is 2.00 bits per heavy atom. The molecule has 2 N–H and O–H groups in total. The number of methoxy groups -OCH3 is 1. The predicted octanol–water partition coefficient (Wildman–Crippen LogP) is 0.533. The average Bonchev–Trinajstić information content (AvgIpc) is 2.39. The summed E-state index contributed by atoms with van der Waals surface area (Å²) in [5.41, 5.74) is 0.827. The number of amides is 1. The molecule has 98 valence electrons. The summed E-state index contributed by atoms with van der Waals surface area (Å²) in [5, 5.41) is 11.6. The SMILES string of the molecule is COC(=O)[C@H](Cc1ccc(Cl)cc1)NC(=O)CO. The monoisotopic (exact) mass is 271 g/mol. The summed E-state index contributed by atoms with van der Waals surface area (Å²) in [6.07, 6.45) is 0.273. The molecule has 0 bridgehead atoms. The topological polar surface area (TPSA) is 75.6 Å². The summed E-state index contributed by atoms with van der Waals surface area (Å²) in [6, 6.07) is 6.07. The molecule has 0 unspecified atom stereocenters. The van der Waals surface area contributed by atoms with Gasteiger partial charge in [0.1, 0.15) is 12.6 Å². The third-order valence-electron chi connectivity index (χ3n) is 2.32. The Hall–Kier alpha value is -1.59. The molecule has 1 atom stereocenters. The van der Waals surface area contributed by atoms with Crippen molar-refractivity contribution in [2.75, 3.05) is 13.7 Å². The van der Waals surface area contributed by atoms with Gasteiger partial charge in [-0.2, -0.15) is 0 Å². The van der Waals surface area contributed by atoms with Crippen LogP contribution < -0.4 is 5.32 Å². The predicted molar refractivity (Wildman–Crippen MR) is 66.2 cm³/mol. The van der Waals surface area contributed by atoms with E-state index in [1.54, 1.807) is 24.3 Å². The minimum Gasteiger partial charge on any atom is -0.467 e. The minimum atomic E-state index is -0.823. The fourth-order valence-electron chi connectivity index (χ4n) is 1.43. The molecule has 5 nitrogen and oxygen atoms in total. The summed E-state index contributed by atoms with van der Waals surface area (Å²) in [5.74, 6) is -1.19. The molecule has 0 saturated heterocycles. The number of halogens is 1. The lowest BCUT2D eigenvalue weighted by molar-refractivity contribution is -0.145. The molecule has 1 amide bonds. The van der Waals surface area contributed by atoms with Crippen LogP contribution in [0.5, 0.6) is 0 Å². The van der Waals surface area contributed by atoms with E-state index in [-0.39, 0.29) is 6.42 Å². The van der Waals surface area contributed by atoms with Gasteiger partial charge in [-0.15, -0.1) is 0 Å². The number of esters is 1. The Bertz CT molecular complexity index is 419. The summed E-state index contributed by atoms with van der Waals surface area (Å²) in [6.45, 7) is -0.673. The van der Waals surface area contributed by atoms with Crippen LogP contribution in [0.25, 0.3) is 0 Å². The summed E-state index contributed by atoms with van der Waals surface area (Å²) >= 11 is 5.75. The lowest BCUT2D eigenvalue weighted by Crippen LogP contribution is -2.44. The second-order valence-corrected chi connectivity index (χ2v) is 4.07. The molecule has 6 heteroatoms. The molecule has 0 aliphatic carbocycles. The van der Waals surface area contributed by atoms with E-state index in [1.807, 2.05) is 0 Å². The lowest BCUT2D eigenvalue weighted by Gasteiger charge is -2.15. The van der Waals surface area contributed by atoms with E-state index in [4.69, 9.17) is 16.7 Å². The van der Waals surface area contributed by atoms with Crippen LogP contribution in [0.4, 0.5) is 0 Å². The van der Waals surface area contributed by atoms with Crippen molar-refractivity contribution < 1.29 is 19.4 Å². The molecule has 18 heavy (non-hydrogen) atoms. The largest absolute Gasteiger partial charge is 0.467 e. The van der Waals surface area contributed by atoms with Crippen molar-refractivity contribution in [2.24, 2.45) is 0 Å². The molecule has 1 aromatic rings. The molecule has 0 aliphatic heterocycles. The molecule has 1 aromatic carbocycles. The fraction of sp³-hybridized carbons (Fsp3) is 0.333. The molecule has 0 aromatic heterocycles. The standard InChI is InChI=1S/C12H14ClNO4/c1-18-12(17)10(14-11(16)7-15)6-8-2-4-9(13)5-3-8/h2-5,10,15H,6-7H2,1H3,(H,14,16)/t10-/m0/s1. The number of rotatable bonds is 5. The minimum absolute atomic E-state index is 0.273. The third kappa shape index (κ3) is 4.35. The average molecular weight is 272 g/mol. The van der Waals surface area contributed by atoms with E-state index < -0.39 is 24.5 Å². The zero-order valence-corrected chi connectivity index (χ0v) is 10.6. The number of hydrogen-bond donors (Lipinski definition) is 2. The second-order valence-electron chi connectivity index (χ2n) is 3.63. The van der Waals surface area contributed by atoms with Crippen LogP contribution >= 0.6 is 11.6 Å². The fourth-order valence-corrected chi connectivity index (χ4v) is 1.56. The molecule has 0 saturated carbocycles. The quantitative estimate of drug-likeness (QED) is 0.766. The van der Waals surface area contributed by atoms with Crippen molar-refractivity contribution in [1.82, 2.24) is 5.32 Å². The van der Waals surface area contributed by atoms with Crippen LogP contribution in [0.3, 0.4) is 0 Å². The number of carbonyl (C=O) groups is 2. The zero-order valence-electron chi connectivity index (χ0n) is 9.85. The molecule has 1 rings (SSSR count). The first-order valence-electron chi connectivity index (χ1n) is 5.29. The van der Waals surface area contributed by atoms with Gasteiger partial charge in [-0.1, -0.05) is 23.7 Å². The van der Waals surface area contributed by atoms with Crippen LogP contribution in [0.15, 0.2) is 24.3 Å². The number of carbonyl (C=O) groups excluding carboxylic acids is 2. The van der Waals surface area contributed by atoms with E-state index in [2.05, 4.69) is 10.1 Å². The van der Waals surface area contributed by atoms with Crippen LogP contribution in [-0.4, -0.2) is 36.7 Å².